The van der Waals surface area contributed by atoms with Crippen LogP contribution in [0.1, 0.15) is 41.2 Å². The standard InChI is InChI=1S/C20H29N5O2/c1-13(2)12-25-15(4)17(14(3)24-25)11-19(26)23-18-8-6-5-7-16(18)20(27)22-10-9-21/h5-8,13H,9-12,21H2,1-4H3,(H,22,27)(H,23,26). The molecular weight excluding hydrogens is 342 g/mol. The molecule has 1 heterocycles. The average Bonchev–Trinajstić information content (AvgIpc) is 2.87. The van der Waals surface area contributed by atoms with Crippen molar-refractivity contribution >= 4 is 17.5 Å². The van der Waals surface area contributed by atoms with Crippen molar-refractivity contribution in [3.8, 4) is 0 Å². The smallest absolute Gasteiger partial charge is 0.253 e. The second kappa shape index (κ2) is 9.32. The van der Waals surface area contributed by atoms with Crippen LogP contribution in [0.15, 0.2) is 24.3 Å². The highest BCUT2D eigenvalue weighted by Gasteiger charge is 2.17. The van der Waals surface area contributed by atoms with E-state index in [9.17, 15) is 9.59 Å². The van der Waals surface area contributed by atoms with E-state index in [0.717, 1.165) is 23.5 Å². The number of carbonyl (C=O) groups is 2. The first-order valence-corrected chi connectivity index (χ1v) is 9.23. The fourth-order valence-corrected chi connectivity index (χ4v) is 2.94. The maximum atomic E-state index is 12.6. The molecule has 0 bridgehead atoms. The molecule has 0 radical (unpaired) electrons. The number of rotatable bonds is 8. The monoisotopic (exact) mass is 371 g/mol. The van der Waals surface area contributed by atoms with Crippen molar-refractivity contribution in [1.82, 2.24) is 15.1 Å². The molecule has 0 aliphatic heterocycles. The number of para-hydroxylation sites is 1. The third kappa shape index (κ3) is 5.40. The molecular formula is C20H29N5O2. The van der Waals surface area contributed by atoms with Gasteiger partial charge in [0.25, 0.3) is 5.91 Å². The molecule has 2 rings (SSSR count). The zero-order valence-corrected chi connectivity index (χ0v) is 16.5. The Kier molecular flexibility index (Phi) is 7.12. The summed E-state index contributed by atoms with van der Waals surface area (Å²) < 4.78 is 1.96. The first-order chi connectivity index (χ1) is 12.8. The Bertz CT molecular complexity index is 811. The molecule has 0 aliphatic carbocycles. The summed E-state index contributed by atoms with van der Waals surface area (Å²) >= 11 is 0. The van der Waals surface area contributed by atoms with E-state index >= 15 is 0 Å². The molecule has 1 aromatic carbocycles. The van der Waals surface area contributed by atoms with E-state index in [1.54, 1.807) is 24.3 Å². The van der Waals surface area contributed by atoms with E-state index in [2.05, 4.69) is 29.6 Å². The maximum absolute atomic E-state index is 12.6. The van der Waals surface area contributed by atoms with Crippen molar-refractivity contribution < 1.29 is 9.59 Å². The molecule has 7 nitrogen and oxygen atoms in total. The van der Waals surface area contributed by atoms with Crippen molar-refractivity contribution in [1.29, 1.82) is 0 Å². The Morgan fingerprint density at radius 3 is 2.59 bits per heavy atom. The van der Waals surface area contributed by atoms with Gasteiger partial charge in [-0.05, 0) is 31.9 Å². The van der Waals surface area contributed by atoms with Gasteiger partial charge < -0.3 is 16.4 Å². The van der Waals surface area contributed by atoms with Gasteiger partial charge in [-0.3, -0.25) is 14.3 Å². The Morgan fingerprint density at radius 1 is 1.22 bits per heavy atom. The molecule has 0 fully saturated rings. The first-order valence-electron chi connectivity index (χ1n) is 9.23. The summed E-state index contributed by atoms with van der Waals surface area (Å²) in [6, 6.07) is 6.94. The highest BCUT2D eigenvalue weighted by atomic mass is 16.2. The zero-order chi connectivity index (χ0) is 20.0. The van der Waals surface area contributed by atoms with Gasteiger partial charge in [0.05, 0.1) is 23.4 Å². The van der Waals surface area contributed by atoms with E-state index in [-0.39, 0.29) is 18.2 Å². The topological polar surface area (TPSA) is 102 Å². The lowest BCUT2D eigenvalue weighted by Gasteiger charge is -2.11. The van der Waals surface area contributed by atoms with Crippen LogP contribution in [0.25, 0.3) is 0 Å². The quantitative estimate of drug-likeness (QED) is 0.661. The Morgan fingerprint density at radius 2 is 1.93 bits per heavy atom. The number of benzene rings is 1. The summed E-state index contributed by atoms with van der Waals surface area (Å²) in [6.07, 6.45) is 0.217. The third-order valence-electron chi connectivity index (χ3n) is 4.28. The molecule has 2 aromatic rings. The second-order valence-corrected chi connectivity index (χ2v) is 7.04. The van der Waals surface area contributed by atoms with E-state index in [4.69, 9.17) is 5.73 Å². The van der Waals surface area contributed by atoms with Gasteiger partial charge in [0.2, 0.25) is 5.91 Å². The number of nitrogens with two attached hydrogens (primary N) is 1. The second-order valence-electron chi connectivity index (χ2n) is 7.04. The third-order valence-corrected chi connectivity index (χ3v) is 4.28. The van der Waals surface area contributed by atoms with Crippen LogP contribution in [0.5, 0.6) is 0 Å². The summed E-state index contributed by atoms with van der Waals surface area (Å²) in [7, 11) is 0. The SMILES string of the molecule is Cc1nn(CC(C)C)c(C)c1CC(=O)Nc1ccccc1C(=O)NCCN. The normalized spacial score (nSPS) is 10.9. The van der Waals surface area contributed by atoms with E-state index < -0.39 is 0 Å². The highest BCUT2D eigenvalue weighted by molar-refractivity contribution is 6.04. The molecule has 27 heavy (non-hydrogen) atoms. The molecule has 0 atom stereocenters. The van der Waals surface area contributed by atoms with Gasteiger partial charge in [-0.2, -0.15) is 5.10 Å². The highest BCUT2D eigenvalue weighted by Crippen LogP contribution is 2.18. The molecule has 7 heteroatoms. The molecule has 0 unspecified atom stereocenters. The molecule has 0 saturated heterocycles. The van der Waals surface area contributed by atoms with Crippen molar-refractivity contribution in [3.05, 3.63) is 46.8 Å². The van der Waals surface area contributed by atoms with E-state index in [1.165, 1.54) is 0 Å². The average molecular weight is 371 g/mol. The number of aromatic nitrogens is 2. The fraction of sp³-hybridized carbons (Fsp3) is 0.450. The van der Waals surface area contributed by atoms with Crippen molar-refractivity contribution in [3.63, 3.8) is 0 Å². The Labute approximate surface area is 160 Å². The number of hydrogen-bond donors (Lipinski definition) is 3. The number of amides is 2. The first kappa shape index (κ1) is 20.6. The van der Waals surface area contributed by atoms with Gasteiger partial charge in [-0.15, -0.1) is 0 Å². The molecule has 4 N–H and O–H groups in total. The lowest BCUT2D eigenvalue weighted by Crippen LogP contribution is -2.30. The fourth-order valence-electron chi connectivity index (χ4n) is 2.94. The number of hydrogen-bond acceptors (Lipinski definition) is 4. The molecule has 146 valence electrons. The van der Waals surface area contributed by atoms with Gasteiger partial charge in [-0.25, -0.2) is 0 Å². The van der Waals surface area contributed by atoms with Crippen LogP contribution < -0.4 is 16.4 Å². The predicted octanol–water partition coefficient (Wildman–Crippen LogP) is 2.03. The van der Waals surface area contributed by atoms with Gasteiger partial charge >= 0.3 is 0 Å². The summed E-state index contributed by atoms with van der Waals surface area (Å²) in [5.74, 6) is 0.0430. The minimum Gasteiger partial charge on any atom is -0.351 e. The van der Waals surface area contributed by atoms with Crippen LogP contribution in [0.4, 0.5) is 5.69 Å². The molecule has 0 spiro atoms. The summed E-state index contributed by atoms with van der Waals surface area (Å²) in [5, 5.41) is 10.1. The van der Waals surface area contributed by atoms with Crippen LogP contribution in [0.3, 0.4) is 0 Å². The van der Waals surface area contributed by atoms with Crippen LogP contribution in [0.2, 0.25) is 0 Å². The number of anilines is 1. The van der Waals surface area contributed by atoms with Gasteiger partial charge in [0.15, 0.2) is 0 Å². The molecule has 0 aliphatic rings. The van der Waals surface area contributed by atoms with Gasteiger partial charge in [-0.1, -0.05) is 26.0 Å². The molecule has 2 amide bonds. The largest absolute Gasteiger partial charge is 0.351 e. The van der Waals surface area contributed by atoms with E-state index in [1.807, 2.05) is 18.5 Å². The van der Waals surface area contributed by atoms with E-state index in [0.29, 0.717) is 30.3 Å². The number of nitrogens with zero attached hydrogens (tertiary/aromatic N) is 2. The minimum absolute atomic E-state index is 0.177. The Balaban J connectivity index is 2.13. The van der Waals surface area contributed by atoms with Crippen molar-refractivity contribution in [2.75, 3.05) is 18.4 Å². The van der Waals surface area contributed by atoms with Crippen LogP contribution in [-0.2, 0) is 17.8 Å². The maximum Gasteiger partial charge on any atom is 0.253 e. The van der Waals surface area contributed by atoms with Crippen LogP contribution >= 0.6 is 0 Å². The number of nitrogens with one attached hydrogen (secondary N) is 2. The zero-order valence-electron chi connectivity index (χ0n) is 16.5. The van der Waals surface area contributed by atoms with Crippen LogP contribution in [-0.4, -0.2) is 34.7 Å². The Hall–Kier alpha value is -2.67. The van der Waals surface area contributed by atoms with Gasteiger partial charge in [0.1, 0.15) is 0 Å². The number of aryl methyl sites for hydroxylation is 1. The summed E-state index contributed by atoms with van der Waals surface area (Å²) in [5.41, 5.74) is 9.13. The van der Waals surface area contributed by atoms with Crippen LogP contribution in [0, 0.1) is 19.8 Å². The lowest BCUT2D eigenvalue weighted by molar-refractivity contribution is -0.115. The van der Waals surface area contributed by atoms with Crippen molar-refractivity contribution in [2.45, 2.75) is 40.7 Å². The van der Waals surface area contributed by atoms with Gasteiger partial charge in [0, 0.05) is 30.9 Å². The summed E-state index contributed by atoms with van der Waals surface area (Å²) in [6.45, 7) is 9.73. The molecule has 1 aromatic heterocycles. The lowest BCUT2D eigenvalue weighted by atomic mass is 10.1. The summed E-state index contributed by atoms with van der Waals surface area (Å²) in [4.78, 5) is 24.9. The number of carbonyl (C=O) groups excluding carboxylic acids is 2. The van der Waals surface area contributed by atoms with Crippen molar-refractivity contribution in [2.24, 2.45) is 11.7 Å². The molecule has 0 saturated carbocycles. The predicted molar refractivity (Wildman–Crippen MR) is 107 cm³/mol. The minimum atomic E-state index is -0.256.